The second-order valence-electron chi connectivity index (χ2n) is 11.5. The van der Waals surface area contributed by atoms with Crippen LogP contribution in [0, 0.1) is 23.7 Å². The van der Waals surface area contributed by atoms with Crippen molar-refractivity contribution in [1.29, 1.82) is 0 Å². The van der Waals surface area contributed by atoms with E-state index in [1.807, 2.05) is 14.2 Å². The Morgan fingerprint density at radius 1 is 0.618 bits per heavy atom. The second-order valence-corrected chi connectivity index (χ2v) is 11.5. The molecular weight excluding hydrogens is 416 g/mol. The number of hydrogen-bond donors (Lipinski definition) is 0. The molecule has 2 heteroatoms. The minimum atomic E-state index is 0.609. The van der Waals surface area contributed by atoms with Crippen molar-refractivity contribution in [2.45, 2.75) is 36.5 Å². The molecule has 0 saturated heterocycles. The van der Waals surface area contributed by atoms with E-state index in [-0.39, 0.29) is 0 Å². The molecule has 4 aromatic carbocycles. The molecule has 0 aromatic heterocycles. The van der Waals surface area contributed by atoms with Gasteiger partial charge in [0.15, 0.2) is 0 Å². The van der Waals surface area contributed by atoms with E-state index < -0.39 is 0 Å². The summed E-state index contributed by atoms with van der Waals surface area (Å²) in [6, 6.07) is 22.8. The van der Waals surface area contributed by atoms with Gasteiger partial charge < -0.3 is 9.47 Å². The van der Waals surface area contributed by atoms with E-state index in [0.717, 1.165) is 35.2 Å². The molecule has 0 amide bonds. The van der Waals surface area contributed by atoms with Crippen molar-refractivity contribution in [3.8, 4) is 11.5 Å². The Bertz CT molecular complexity index is 1440. The first-order valence-electron chi connectivity index (χ1n) is 13.0. The van der Waals surface area contributed by atoms with Gasteiger partial charge in [-0.2, -0.15) is 0 Å². The molecule has 34 heavy (non-hydrogen) atoms. The zero-order valence-corrected chi connectivity index (χ0v) is 19.6. The Morgan fingerprint density at radius 3 is 1.65 bits per heavy atom. The number of rotatable bonds is 2. The SMILES string of the molecule is COc1c2c(c(OC)c3ccccc13)[C@@H]1C[C@H]2[C@H]2[C@H]3C[C@H]([C@H]4c5cccc6cccc(c56)[C@@H]34)[C@H]21. The van der Waals surface area contributed by atoms with E-state index in [1.54, 1.807) is 16.5 Å². The molecule has 2 nitrogen and oxygen atoms in total. The third kappa shape index (κ3) is 1.81. The molecule has 8 atom stereocenters. The highest BCUT2D eigenvalue weighted by atomic mass is 16.5. The van der Waals surface area contributed by atoms with Crippen molar-refractivity contribution in [2.75, 3.05) is 14.2 Å². The normalized spacial score (nSPS) is 35.1. The summed E-state index contributed by atoms with van der Waals surface area (Å²) in [4.78, 5) is 0. The summed E-state index contributed by atoms with van der Waals surface area (Å²) in [6.07, 6.45) is 2.69. The molecule has 4 bridgehead atoms. The van der Waals surface area contributed by atoms with Gasteiger partial charge >= 0.3 is 0 Å². The zero-order chi connectivity index (χ0) is 22.3. The molecule has 0 radical (unpaired) electrons. The van der Waals surface area contributed by atoms with Crippen molar-refractivity contribution in [1.82, 2.24) is 0 Å². The molecule has 168 valence electrons. The van der Waals surface area contributed by atoms with E-state index in [2.05, 4.69) is 60.7 Å². The average Bonchev–Trinajstić information content (AvgIpc) is 3.67. The molecule has 0 heterocycles. The summed E-state index contributed by atoms with van der Waals surface area (Å²) in [5.41, 5.74) is 6.27. The number of benzene rings is 4. The first-order valence-corrected chi connectivity index (χ1v) is 13.0. The van der Waals surface area contributed by atoms with E-state index in [0.29, 0.717) is 23.7 Å². The fourth-order valence-electron chi connectivity index (χ4n) is 10.2. The monoisotopic (exact) mass is 444 g/mol. The molecule has 3 saturated carbocycles. The summed E-state index contributed by atoms with van der Waals surface area (Å²) in [7, 11) is 3.73. The van der Waals surface area contributed by atoms with Crippen LogP contribution in [-0.4, -0.2) is 14.2 Å². The predicted molar refractivity (Wildman–Crippen MR) is 135 cm³/mol. The molecule has 4 aromatic rings. The van der Waals surface area contributed by atoms with Crippen LogP contribution in [0.4, 0.5) is 0 Å². The molecule has 0 N–H and O–H groups in total. The van der Waals surface area contributed by atoms with Gasteiger partial charge in [-0.3, -0.25) is 0 Å². The summed E-state index contributed by atoms with van der Waals surface area (Å²) in [6.45, 7) is 0. The summed E-state index contributed by atoms with van der Waals surface area (Å²) in [5, 5.41) is 5.45. The molecule has 5 aliphatic carbocycles. The number of fused-ring (bicyclic) bond motifs is 18. The third-order valence-corrected chi connectivity index (χ3v) is 10.8. The Balaban J connectivity index is 1.27. The molecule has 0 aliphatic heterocycles. The Kier molecular flexibility index (Phi) is 3.22. The lowest BCUT2D eigenvalue weighted by molar-refractivity contribution is 0.174. The van der Waals surface area contributed by atoms with E-state index in [9.17, 15) is 0 Å². The smallest absolute Gasteiger partial charge is 0.130 e. The van der Waals surface area contributed by atoms with Crippen LogP contribution < -0.4 is 9.47 Å². The highest BCUT2D eigenvalue weighted by molar-refractivity contribution is 5.97. The van der Waals surface area contributed by atoms with Gasteiger partial charge in [0, 0.05) is 21.9 Å². The first-order chi connectivity index (χ1) is 16.8. The maximum Gasteiger partial charge on any atom is 0.130 e. The second kappa shape index (κ2) is 5.97. The highest BCUT2D eigenvalue weighted by Crippen LogP contribution is 2.80. The van der Waals surface area contributed by atoms with Crippen molar-refractivity contribution in [3.05, 3.63) is 82.9 Å². The van der Waals surface area contributed by atoms with Crippen LogP contribution in [0.25, 0.3) is 21.5 Å². The number of methoxy groups -OCH3 is 2. The minimum absolute atomic E-state index is 0.609. The van der Waals surface area contributed by atoms with Gasteiger partial charge in [0.05, 0.1) is 14.2 Å². The van der Waals surface area contributed by atoms with Gasteiger partial charge in [-0.05, 0) is 82.1 Å². The van der Waals surface area contributed by atoms with Gasteiger partial charge in [0.25, 0.3) is 0 Å². The van der Waals surface area contributed by atoms with Crippen LogP contribution in [0.2, 0.25) is 0 Å². The predicted octanol–water partition coefficient (Wildman–Crippen LogP) is 7.36. The van der Waals surface area contributed by atoms with E-state index in [1.165, 1.54) is 40.1 Å². The number of ether oxygens (including phenoxy) is 2. The molecule has 0 unspecified atom stereocenters. The van der Waals surface area contributed by atoms with Crippen molar-refractivity contribution in [2.24, 2.45) is 23.7 Å². The van der Waals surface area contributed by atoms with Crippen LogP contribution in [0.1, 0.15) is 58.8 Å². The van der Waals surface area contributed by atoms with Crippen LogP contribution in [0.3, 0.4) is 0 Å². The maximum absolute atomic E-state index is 6.18. The van der Waals surface area contributed by atoms with E-state index >= 15 is 0 Å². The lowest BCUT2D eigenvalue weighted by atomic mass is 9.61. The van der Waals surface area contributed by atoms with Crippen molar-refractivity contribution in [3.63, 3.8) is 0 Å². The van der Waals surface area contributed by atoms with Crippen molar-refractivity contribution >= 4 is 21.5 Å². The van der Waals surface area contributed by atoms with Crippen LogP contribution >= 0.6 is 0 Å². The fraction of sp³-hybridized carbons (Fsp3) is 0.375. The lowest BCUT2D eigenvalue weighted by Gasteiger charge is -2.43. The summed E-state index contributed by atoms with van der Waals surface area (Å²) >= 11 is 0. The first kappa shape index (κ1) is 18.3. The molecule has 9 rings (SSSR count). The number of hydrogen-bond acceptors (Lipinski definition) is 2. The van der Waals surface area contributed by atoms with Gasteiger partial charge in [-0.15, -0.1) is 0 Å². The van der Waals surface area contributed by atoms with Gasteiger partial charge in [-0.25, -0.2) is 0 Å². The third-order valence-electron chi connectivity index (χ3n) is 10.8. The molecule has 0 spiro atoms. The topological polar surface area (TPSA) is 18.5 Å². The zero-order valence-electron chi connectivity index (χ0n) is 19.6. The summed E-state index contributed by atoms with van der Waals surface area (Å²) < 4.78 is 12.4. The molecule has 5 aliphatic rings. The minimum Gasteiger partial charge on any atom is -0.496 e. The molecule has 3 fully saturated rings. The molecular formula is C32H28O2. The standard InChI is InChI=1S/C32H28O2/c1-33-31-16-9-3-4-10-17(16)32(34-2)30-23-14-22(29(30)31)27-20-13-21(28(23)27)26-19-12-6-8-15-7-5-11-18(24(15)19)25(20)26/h3-12,20-23,25-28H,13-14H2,1-2H3/t20-,21+,22-,23+,25-,26+,27+,28-. The van der Waals surface area contributed by atoms with E-state index in [4.69, 9.17) is 9.47 Å². The Labute approximate surface area is 199 Å². The Hall–Kier alpha value is -3.00. The Morgan fingerprint density at radius 2 is 1.15 bits per heavy atom. The van der Waals surface area contributed by atoms with Crippen LogP contribution in [0.15, 0.2) is 60.7 Å². The van der Waals surface area contributed by atoms with Crippen molar-refractivity contribution < 1.29 is 9.47 Å². The van der Waals surface area contributed by atoms with Crippen LogP contribution in [-0.2, 0) is 0 Å². The largest absolute Gasteiger partial charge is 0.496 e. The van der Waals surface area contributed by atoms with Gasteiger partial charge in [-0.1, -0.05) is 60.7 Å². The lowest BCUT2D eigenvalue weighted by Crippen LogP contribution is -2.34. The maximum atomic E-state index is 6.18. The highest BCUT2D eigenvalue weighted by Gasteiger charge is 2.69. The summed E-state index contributed by atoms with van der Waals surface area (Å²) in [5.74, 6) is 8.04. The fourth-order valence-corrected chi connectivity index (χ4v) is 10.2. The van der Waals surface area contributed by atoms with Gasteiger partial charge in [0.2, 0.25) is 0 Å². The average molecular weight is 445 g/mol. The van der Waals surface area contributed by atoms with Gasteiger partial charge in [0.1, 0.15) is 11.5 Å². The van der Waals surface area contributed by atoms with Crippen LogP contribution in [0.5, 0.6) is 11.5 Å². The quantitative estimate of drug-likeness (QED) is 0.301.